The fraction of sp³-hybridized carbons (Fsp3) is 0.0492. The molecule has 0 radical (unpaired) electrons. The summed E-state index contributed by atoms with van der Waals surface area (Å²) in [7, 11) is 0. The van der Waals surface area contributed by atoms with Crippen molar-refractivity contribution < 1.29 is 4.42 Å². The van der Waals surface area contributed by atoms with Gasteiger partial charge in [0, 0.05) is 32.9 Å². The standard InChI is InChI=1S/C61H43NO/c1-61(2)56-37-45(41-15-7-4-8-16-41)27-32-51(56)52-34-31-48(39-57(52)61)62(47-29-25-44(26-30-47)43-23-21-42(22-24-43)40-13-5-3-6-14-40)58-36-35-49(50-17-9-10-18-53(50)58)46-28-33-55-54-19-11-12-20-59(54)63-60(55)38-46/h3-39H,1-2H3. The Balaban J connectivity index is 0.987. The van der Waals surface area contributed by atoms with Gasteiger partial charge in [0.2, 0.25) is 0 Å². The first-order valence-corrected chi connectivity index (χ1v) is 21.8. The maximum atomic E-state index is 6.37. The molecule has 10 aromatic carbocycles. The van der Waals surface area contributed by atoms with Crippen LogP contribution in [0.3, 0.4) is 0 Å². The van der Waals surface area contributed by atoms with E-state index >= 15 is 0 Å². The van der Waals surface area contributed by atoms with Crippen LogP contribution in [0.1, 0.15) is 25.0 Å². The summed E-state index contributed by atoms with van der Waals surface area (Å²) < 4.78 is 6.37. The zero-order chi connectivity index (χ0) is 42.1. The van der Waals surface area contributed by atoms with E-state index < -0.39 is 0 Å². The lowest BCUT2D eigenvalue weighted by atomic mass is 9.81. The molecule has 1 aromatic heterocycles. The second kappa shape index (κ2) is 14.6. The van der Waals surface area contributed by atoms with Gasteiger partial charge in [-0.2, -0.15) is 0 Å². The molecule has 2 nitrogen and oxygen atoms in total. The van der Waals surface area contributed by atoms with Crippen LogP contribution in [0.4, 0.5) is 17.1 Å². The van der Waals surface area contributed by atoms with Gasteiger partial charge in [-0.05, 0) is 127 Å². The number of fused-ring (bicyclic) bond motifs is 7. The topological polar surface area (TPSA) is 16.4 Å². The summed E-state index contributed by atoms with van der Waals surface area (Å²) in [6, 6.07) is 81.7. The molecule has 2 heteroatoms. The van der Waals surface area contributed by atoms with Crippen molar-refractivity contribution in [3.63, 3.8) is 0 Å². The van der Waals surface area contributed by atoms with Crippen LogP contribution in [0, 0.1) is 0 Å². The van der Waals surface area contributed by atoms with Crippen LogP contribution in [-0.4, -0.2) is 0 Å². The van der Waals surface area contributed by atoms with Crippen molar-refractivity contribution in [1.29, 1.82) is 0 Å². The number of hydrogen-bond acceptors (Lipinski definition) is 2. The van der Waals surface area contributed by atoms with Gasteiger partial charge >= 0.3 is 0 Å². The number of para-hydroxylation sites is 1. The minimum absolute atomic E-state index is 0.200. The molecule has 11 aromatic rings. The van der Waals surface area contributed by atoms with E-state index in [2.05, 4.69) is 231 Å². The average molecular weight is 806 g/mol. The second-order valence-corrected chi connectivity index (χ2v) is 17.3. The third-order valence-corrected chi connectivity index (χ3v) is 13.3. The van der Waals surface area contributed by atoms with Crippen molar-refractivity contribution in [2.24, 2.45) is 0 Å². The van der Waals surface area contributed by atoms with Gasteiger partial charge in [-0.3, -0.25) is 0 Å². The molecule has 0 spiro atoms. The number of rotatable bonds is 7. The molecule has 0 saturated heterocycles. The van der Waals surface area contributed by atoms with Gasteiger partial charge in [-0.15, -0.1) is 0 Å². The molecule has 0 N–H and O–H groups in total. The lowest BCUT2D eigenvalue weighted by Gasteiger charge is -2.29. The lowest BCUT2D eigenvalue weighted by molar-refractivity contribution is 0.660. The number of hydrogen-bond donors (Lipinski definition) is 0. The Morgan fingerprint density at radius 2 is 0.794 bits per heavy atom. The number of furan rings is 1. The van der Waals surface area contributed by atoms with Crippen LogP contribution in [0.15, 0.2) is 229 Å². The minimum atomic E-state index is -0.200. The number of anilines is 3. The zero-order valence-corrected chi connectivity index (χ0v) is 35.2. The van der Waals surface area contributed by atoms with E-state index in [-0.39, 0.29) is 5.41 Å². The van der Waals surface area contributed by atoms with Gasteiger partial charge in [0.1, 0.15) is 11.2 Å². The van der Waals surface area contributed by atoms with Crippen molar-refractivity contribution in [3.05, 3.63) is 236 Å². The summed E-state index contributed by atoms with van der Waals surface area (Å²) in [5, 5.41) is 4.64. The van der Waals surface area contributed by atoms with Crippen molar-refractivity contribution in [3.8, 4) is 55.6 Å². The minimum Gasteiger partial charge on any atom is -0.456 e. The molecule has 0 aliphatic heterocycles. The molecule has 1 aliphatic rings. The Kier molecular flexibility index (Phi) is 8.55. The fourth-order valence-corrected chi connectivity index (χ4v) is 10.0. The van der Waals surface area contributed by atoms with Crippen LogP contribution >= 0.6 is 0 Å². The van der Waals surface area contributed by atoms with Crippen LogP contribution in [0.5, 0.6) is 0 Å². The molecule has 0 bridgehead atoms. The highest BCUT2D eigenvalue weighted by Crippen LogP contribution is 2.52. The first-order chi connectivity index (χ1) is 31.0. The zero-order valence-electron chi connectivity index (χ0n) is 35.2. The largest absolute Gasteiger partial charge is 0.456 e. The predicted molar refractivity (Wildman–Crippen MR) is 265 cm³/mol. The van der Waals surface area contributed by atoms with Crippen molar-refractivity contribution >= 4 is 49.8 Å². The Hall–Kier alpha value is -7.94. The molecule has 0 atom stereocenters. The van der Waals surface area contributed by atoms with E-state index in [0.29, 0.717) is 0 Å². The summed E-state index contributed by atoms with van der Waals surface area (Å²) in [6.45, 7) is 4.75. The summed E-state index contributed by atoms with van der Waals surface area (Å²) in [4.78, 5) is 2.45. The van der Waals surface area contributed by atoms with Gasteiger partial charge in [0.25, 0.3) is 0 Å². The molecule has 0 amide bonds. The molecule has 63 heavy (non-hydrogen) atoms. The smallest absolute Gasteiger partial charge is 0.136 e. The normalized spacial score (nSPS) is 12.7. The fourth-order valence-electron chi connectivity index (χ4n) is 10.0. The summed E-state index contributed by atoms with van der Waals surface area (Å²) in [6.07, 6.45) is 0. The maximum absolute atomic E-state index is 6.37. The monoisotopic (exact) mass is 805 g/mol. The van der Waals surface area contributed by atoms with Gasteiger partial charge in [-0.25, -0.2) is 0 Å². The van der Waals surface area contributed by atoms with Crippen LogP contribution < -0.4 is 4.90 Å². The quantitative estimate of drug-likeness (QED) is 0.160. The van der Waals surface area contributed by atoms with Crippen molar-refractivity contribution in [2.75, 3.05) is 4.90 Å². The summed E-state index contributed by atoms with van der Waals surface area (Å²) in [5.41, 5.74) is 19.9. The van der Waals surface area contributed by atoms with E-state index in [4.69, 9.17) is 4.42 Å². The number of nitrogens with zero attached hydrogens (tertiary/aromatic N) is 1. The lowest BCUT2D eigenvalue weighted by Crippen LogP contribution is -2.17. The highest BCUT2D eigenvalue weighted by atomic mass is 16.3. The third-order valence-electron chi connectivity index (χ3n) is 13.3. The Labute approximate surface area is 368 Å². The van der Waals surface area contributed by atoms with Crippen LogP contribution in [-0.2, 0) is 5.41 Å². The van der Waals surface area contributed by atoms with E-state index in [0.717, 1.165) is 44.6 Å². The Morgan fingerprint density at radius 1 is 0.317 bits per heavy atom. The summed E-state index contributed by atoms with van der Waals surface area (Å²) in [5.74, 6) is 0. The molecular weight excluding hydrogens is 763 g/mol. The molecule has 1 heterocycles. The summed E-state index contributed by atoms with van der Waals surface area (Å²) >= 11 is 0. The van der Waals surface area contributed by atoms with Crippen LogP contribution in [0.25, 0.3) is 88.3 Å². The highest BCUT2D eigenvalue weighted by Gasteiger charge is 2.36. The second-order valence-electron chi connectivity index (χ2n) is 17.3. The van der Waals surface area contributed by atoms with E-state index in [1.54, 1.807) is 0 Å². The van der Waals surface area contributed by atoms with E-state index in [1.165, 1.54) is 72.0 Å². The van der Waals surface area contributed by atoms with Gasteiger partial charge < -0.3 is 9.32 Å². The van der Waals surface area contributed by atoms with E-state index in [1.807, 2.05) is 12.1 Å². The Bertz CT molecular complexity index is 3510. The molecule has 0 unspecified atom stereocenters. The maximum Gasteiger partial charge on any atom is 0.136 e. The Morgan fingerprint density at radius 3 is 1.49 bits per heavy atom. The molecule has 0 fully saturated rings. The van der Waals surface area contributed by atoms with Gasteiger partial charge in [0.15, 0.2) is 0 Å². The van der Waals surface area contributed by atoms with E-state index in [9.17, 15) is 0 Å². The molecule has 12 rings (SSSR count). The SMILES string of the molecule is CC1(C)c2cc(-c3ccccc3)ccc2-c2ccc(N(c3ccc(-c4ccc(-c5ccccc5)cc4)cc3)c3ccc(-c4ccc5c(c4)oc4ccccc45)c4ccccc34)cc21. The molecular formula is C61H43NO. The van der Waals surface area contributed by atoms with Crippen molar-refractivity contribution in [2.45, 2.75) is 19.3 Å². The van der Waals surface area contributed by atoms with Gasteiger partial charge in [-0.1, -0.05) is 184 Å². The molecule has 298 valence electrons. The number of benzene rings is 10. The molecule has 0 saturated carbocycles. The first-order valence-electron chi connectivity index (χ1n) is 21.8. The highest BCUT2D eigenvalue weighted by molar-refractivity contribution is 6.09. The molecule has 1 aliphatic carbocycles. The average Bonchev–Trinajstić information content (AvgIpc) is 3.83. The third kappa shape index (κ3) is 6.17. The van der Waals surface area contributed by atoms with Crippen LogP contribution in [0.2, 0.25) is 0 Å². The van der Waals surface area contributed by atoms with Crippen molar-refractivity contribution in [1.82, 2.24) is 0 Å². The first kappa shape index (κ1) is 36.9. The van der Waals surface area contributed by atoms with Gasteiger partial charge in [0.05, 0.1) is 5.69 Å². The predicted octanol–water partition coefficient (Wildman–Crippen LogP) is 17.2.